The minimum Gasteiger partial charge on any atom is -0.379 e. The van der Waals surface area contributed by atoms with Crippen LogP contribution in [0.4, 0.5) is 0 Å². The molecule has 0 bridgehead atoms. The van der Waals surface area contributed by atoms with E-state index in [4.69, 9.17) is 9.73 Å². The lowest BCUT2D eigenvalue weighted by Gasteiger charge is -2.42. The molecule has 5 nitrogen and oxygen atoms in total. The van der Waals surface area contributed by atoms with Gasteiger partial charge in [0.15, 0.2) is 5.96 Å². The number of benzene rings is 1. The largest absolute Gasteiger partial charge is 0.379 e. The summed E-state index contributed by atoms with van der Waals surface area (Å²) in [6.45, 7) is 9.69. The van der Waals surface area contributed by atoms with Gasteiger partial charge in [-0.05, 0) is 36.7 Å². The molecule has 0 aliphatic carbocycles. The van der Waals surface area contributed by atoms with Gasteiger partial charge in [0, 0.05) is 38.5 Å². The molecule has 3 heterocycles. The molecule has 3 aliphatic rings. The van der Waals surface area contributed by atoms with Crippen molar-refractivity contribution in [3.05, 3.63) is 42.0 Å². The molecule has 1 unspecified atom stereocenters. The molecule has 3 aliphatic heterocycles. The first kappa shape index (κ1) is 20.8. The Kier molecular flexibility index (Phi) is 7.16. The highest BCUT2D eigenvalue weighted by atomic mass is 32.2. The molecule has 4 rings (SSSR count). The van der Waals surface area contributed by atoms with Gasteiger partial charge < -0.3 is 15.0 Å². The lowest BCUT2D eigenvalue weighted by molar-refractivity contribution is -0.0105. The average molecular weight is 415 g/mol. The zero-order chi connectivity index (χ0) is 19.9. The number of nitrogens with one attached hydrogen (secondary N) is 1. The van der Waals surface area contributed by atoms with Crippen molar-refractivity contribution < 1.29 is 4.74 Å². The minimum absolute atomic E-state index is 0.204. The predicted octanol–water partition coefficient (Wildman–Crippen LogP) is 2.95. The molecule has 0 aromatic heterocycles. The van der Waals surface area contributed by atoms with E-state index in [0.29, 0.717) is 0 Å². The molecule has 1 N–H and O–H groups in total. The number of ether oxygens (including phenoxy) is 1. The number of aliphatic imine (C=N–C) groups is 1. The molecule has 0 radical (unpaired) electrons. The molecule has 0 spiro atoms. The standard InChI is InChI=1S/C23H34N4OS/c1-2-24-22(26-11-8-21(9-12-26)20-6-4-3-5-7-20)25-18-23(10-17-29-19-23)27-13-15-28-16-14-27/h3-8H,2,9-19H2,1H3,(H,24,25). The van der Waals surface area contributed by atoms with E-state index in [-0.39, 0.29) is 5.54 Å². The van der Waals surface area contributed by atoms with Gasteiger partial charge in [-0.25, -0.2) is 0 Å². The van der Waals surface area contributed by atoms with Crippen LogP contribution < -0.4 is 5.32 Å². The van der Waals surface area contributed by atoms with Crippen LogP contribution in [0, 0.1) is 0 Å². The summed E-state index contributed by atoms with van der Waals surface area (Å²) in [6.07, 6.45) is 4.67. The molecule has 2 fully saturated rings. The molecule has 0 saturated carbocycles. The molecular weight excluding hydrogens is 380 g/mol. The second kappa shape index (κ2) is 10.0. The van der Waals surface area contributed by atoms with Gasteiger partial charge in [-0.2, -0.15) is 11.8 Å². The topological polar surface area (TPSA) is 40.1 Å². The average Bonchev–Trinajstić information content (AvgIpc) is 3.28. The Morgan fingerprint density at radius 1 is 1.21 bits per heavy atom. The van der Waals surface area contributed by atoms with Crippen LogP contribution in [0.25, 0.3) is 5.57 Å². The van der Waals surface area contributed by atoms with Crippen molar-refractivity contribution in [1.29, 1.82) is 0 Å². The summed E-state index contributed by atoms with van der Waals surface area (Å²) in [5.74, 6) is 3.50. The highest BCUT2D eigenvalue weighted by molar-refractivity contribution is 7.99. The molecule has 1 aromatic rings. The van der Waals surface area contributed by atoms with E-state index in [1.165, 1.54) is 29.1 Å². The Morgan fingerprint density at radius 2 is 2.03 bits per heavy atom. The minimum atomic E-state index is 0.204. The van der Waals surface area contributed by atoms with E-state index in [9.17, 15) is 0 Å². The Bertz CT molecular complexity index is 709. The molecule has 1 atom stereocenters. The molecule has 2 saturated heterocycles. The van der Waals surface area contributed by atoms with Crippen LogP contribution in [-0.2, 0) is 4.74 Å². The molecule has 158 valence electrons. The third-order valence-corrected chi connectivity index (χ3v) is 7.51. The smallest absolute Gasteiger partial charge is 0.194 e. The first-order chi connectivity index (χ1) is 14.3. The number of hydrogen-bond donors (Lipinski definition) is 1. The summed E-state index contributed by atoms with van der Waals surface area (Å²) in [6, 6.07) is 10.8. The van der Waals surface area contributed by atoms with Gasteiger partial charge in [0.1, 0.15) is 0 Å². The molecule has 6 heteroatoms. The first-order valence-electron chi connectivity index (χ1n) is 11.0. The number of nitrogens with zero attached hydrogens (tertiary/aromatic N) is 3. The van der Waals surface area contributed by atoms with Crippen molar-refractivity contribution in [3.8, 4) is 0 Å². The number of rotatable bonds is 5. The van der Waals surface area contributed by atoms with Crippen LogP contribution in [0.1, 0.15) is 25.3 Å². The maximum atomic E-state index is 5.60. The van der Waals surface area contributed by atoms with E-state index in [1.807, 2.05) is 0 Å². The van der Waals surface area contributed by atoms with Crippen molar-refractivity contribution in [1.82, 2.24) is 15.1 Å². The second-order valence-corrected chi connectivity index (χ2v) is 9.19. The highest BCUT2D eigenvalue weighted by Gasteiger charge is 2.40. The Morgan fingerprint density at radius 3 is 2.69 bits per heavy atom. The van der Waals surface area contributed by atoms with Crippen molar-refractivity contribution in [3.63, 3.8) is 0 Å². The van der Waals surface area contributed by atoms with E-state index >= 15 is 0 Å². The number of thioether (sulfide) groups is 1. The van der Waals surface area contributed by atoms with Crippen LogP contribution in [0.3, 0.4) is 0 Å². The SMILES string of the molecule is CCNC(=NCC1(N2CCOCC2)CCSC1)N1CC=C(c2ccccc2)CC1. The molecule has 0 amide bonds. The van der Waals surface area contributed by atoms with Crippen molar-refractivity contribution >= 4 is 23.3 Å². The zero-order valence-corrected chi connectivity index (χ0v) is 18.4. The van der Waals surface area contributed by atoms with Crippen LogP contribution >= 0.6 is 11.8 Å². The summed E-state index contributed by atoms with van der Waals surface area (Å²) in [5, 5.41) is 3.55. The highest BCUT2D eigenvalue weighted by Crippen LogP contribution is 2.34. The normalized spacial score (nSPS) is 26.4. The lowest BCUT2D eigenvalue weighted by atomic mass is 9.96. The maximum absolute atomic E-state index is 5.60. The van der Waals surface area contributed by atoms with E-state index in [1.54, 1.807) is 0 Å². The summed E-state index contributed by atoms with van der Waals surface area (Å²) in [5.41, 5.74) is 3.01. The van der Waals surface area contributed by atoms with Gasteiger partial charge in [0.25, 0.3) is 0 Å². The van der Waals surface area contributed by atoms with E-state index in [0.717, 1.165) is 64.9 Å². The number of morpholine rings is 1. The Hall–Kier alpha value is -1.50. The van der Waals surface area contributed by atoms with Gasteiger partial charge in [-0.15, -0.1) is 0 Å². The lowest BCUT2D eigenvalue weighted by Crippen LogP contribution is -2.56. The number of guanidine groups is 1. The fraction of sp³-hybridized carbons (Fsp3) is 0.609. The quantitative estimate of drug-likeness (QED) is 0.593. The van der Waals surface area contributed by atoms with Crippen molar-refractivity contribution in [2.24, 2.45) is 4.99 Å². The van der Waals surface area contributed by atoms with Gasteiger partial charge in [0.05, 0.1) is 25.3 Å². The predicted molar refractivity (Wildman–Crippen MR) is 124 cm³/mol. The van der Waals surface area contributed by atoms with E-state index < -0.39 is 0 Å². The van der Waals surface area contributed by atoms with Gasteiger partial charge in [-0.3, -0.25) is 9.89 Å². The third kappa shape index (κ3) is 4.98. The second-order valence-electron chi connectivity index (χ2n) is 8.09. The van der Waals surface area contributed by atoms with Crippen molar-refractivity contribution in [2.45, 2.75) is 25.3 Å². The monoisotopic (exact) mass is 414 g/mol. The maximum Gasteiger partial charge on any atom is 0.194 e. The molecular formula is C23H34N4OS. The van der Waals surface area contributed by atoms with Crippen LogP contribution in [0.2, 0.25) is 0 Å². The van der Waals surface area contributed by atoms with Crippen LogP contribution in [-0.4, -0.2) is 85.3 Å². The summed E-state index contributed by atoms with van der Waals surface area (Å²) < 4.78 is 5.60. The fourth-order valence-electron chi connectivity index (χ4n) is 4.53. The summed E-state index contributed by atoms with van der Waals surface area (Å²) in [4.78, 5) is 10.2. The van der Waals surface area contributed by atoms with Crippen LogP contribution in [0.5, 0.6) is 0 Å². The summed E-state index contributed by atoms with van der Waals surface area (Å²) in [7, 11) is 0. The van der Waals surface area contributed by atoms with E-state index in [2.05, 4.69) is 70.2 Å². The fourth-order valence-corrected chi connectivity index (χ4v) is 6.00. The summed E-state index contributed by atoms with van der Waals surface area (Å²) >= 11 is 2.08. The Labute approximate surface area is 179 Å². The van der Waals surface area contributed by atoms with Gasteiger partial charge in [-0.1, -0.05) is 36.4 Å². The molecule has 1 aromatic carbocycles. The Balaban J connectivity index is 1.45. The van der Waals surface area contributed by atoms with Gasteiger partial charge >= 0.3 is 0 Å². The first-order valence-corrected chi connectivity index (χ1v) is 12.1. The van der Waals surface area contributed by atoms with Crippen LogP contribution in [0.15, 0.2) is 41.4 Å². The zero-order valence-electron chi connectivity index (χ0n) is 17.6. The number of hydrogen-bond acceptors (Lipinski definition) is 4. The van der Waals surface area contributed by atoms with Crippen molar-refractivity contribution in [2.75, 3.05) is 64.0 Å². The van der Waals surface area contributed by atoms with Gasteiger partial charge in [0.2, 0.25) is 0 Å². The molecule has 29 heavy (non-hydrogen) atoms. The third-order valence-electron chi connectivity index (χ3n) is 6.28.